The molecule has 2 amide bonds. The molecule has 1 unspecified atom stereocenters. The number of alkyl halides is 6. The minimum absolute atomic E-state index is 0.00716. The standard InChI is InChI=1S/C35H35F6NO5/c1-23(2)47-28-14-11-26(12-15-28)32(3)18-17-30(43)42(31(32)44)19-7-8-20-46-29-16-13-27(33(45,34(36,37)38)35(39,40)41)22-25(29)21-24-9-5-4-6-10-24/h4-6,9-18,22-23,45H,7-8,19-21H2,1-3H3. The zero-order valence-corrected chi connectivity index (χ0v) is 26.0. The Morgan fingerprint density at radius 3 is 2.11 bits per heavy atom. The van der Waals surface area contributed by atoms with Gasteiger partial charge in [-0.1, -0.05) is 54.6 Å². The lowest BCUT2D eigenvalue weighted by Crippen LogP contribution is -2.53. The molecule has 1 heterocycles. The van der Waals surface area contributed by atoms with Gasteiger partial charge in [0.2, 0.25) is 5.91 Å². The molecule has 6 nitrogen and oxygen atoms in total. The Balaban J connectivity index is 1.45. The molecule has 0 aliphatic carbocycles. The van der Waals surface area contributed by atoms with Gasteiger partial charge in [-0.05, 0) is 74.6 Å². The SMILES string of the molecule is CC(C)Oc1ccc(C2(C)C=CC(=O)N(CCCCOc3ccc(C(O)(C(F)(F)F)C(F)(F)F)cc3Cc3ccccc3)C2=O)cc1. The molecule has 0 bridgehead atoms. The Hall–Kier alpha value is -4.32. The number of halogens is 6. The summed E-state index contributed by atoms with van der Waals surface area (Å²) < 4.78 is 92.9. The third kappa shape index (κ3) is 7.64. The van der Waals surface area contributed by atoms with Crippen LogP contribution in [0.3, 0.4) is 0 Å². The Morgan fingerprint density at radius 1 is 0.872 bits per heavy atom. The molecule has 1 atom stereocenters. The molecule has 1 aliphatic heterocycles. The van der Waals surface area contributed by atoms with Crippen molar-refractivity contribution in [2.75, 3.05) is 13.2 Å². The second-order valence-electron chi connectivity index (χ2n) is 11.8. The van der Waals surface area contributed by atoms with E-state index < -0.39 is 40.7 Å². The minimum atomic E-state index is -6.03. The third-order valence-electron chi connectivity index (χ3n) is 7.91. The van der Waals surface area contributed by atoms with Crippen molar-refractivity contribution in [3.05, 3.63) is 107 Å². The molecule has 0 radical (unpaired) electrons. The van der Waals surface area contributed by atoms with E-state index in [0.29, 0.717) is 41.9 Å². The first-order valence-corrected chi connectivity index (χ1v) is 15.0. The summed E-state index contributed by atoms with van der Waals surface area (Å²) in [6.07, 6.45) is -8.62. The number of ether oxygens (including phenoxy) is 2. The highest BCUT2D eigenvalue weighted by Gasteiger charge is 2.71. The van der Waals surface area contributed by atoms with E-state index in [9.17, 15) is 41.0 Å². The van der Waals surface area contributed by atoms with Gasteiger partial charge in [0.25, 0.3) is 11.5 Å². The summed E-state index contributed by atoms with van der Waals surface area (Å²) in [6.45, 7) is 5.56. The molecule has 3 aromatic rings. The lowest BCUT2D eigenvalue weighted by atomic mass is 9.79. The lowest BCUT2D eigenvalue weighted by molar-refractivity contribution is -0.376. The predicted octanol–water partition coefficient (Wildman–Crippen LogP) is 7.42. The number of carbonyl (C=O) groups is 2. The highest BCUT2D eigenvalue weighted by molar-refractivity contribution is 6.09. The van der Waals surface area contributed by atoms with Crippen molar-refractivity contribution in [2.24, 2.45) is 0 Å². The lowest BCUT2D eigenvalue weighted by Gasteiger charge is -2.34. The second kappa shape index (κ2) is 13.8. The van der Waals surface area contributed by atoms with Gasteiger partial charge in [0.1, 0.15) is 11.5 Å². The monoisotopic (exact) mass is 663 g/mol. The van der Waals surface area contributed by atoms with Gasteiger partial charge < -0.3 is 14.6 Å². The van der Waals surface area contributed by atoms with Crippen molar-refractivity contribution >= 4 is 11.8 Å². The van der Waals surface area contributed by atoms with E-state index in [1.165, 1.54) is 6.08 Å². The molecule has 4 rings (SSSR count). The van der Waals surface area contributed by atoms with Crippen molar-refractivity contribution in [3.63, 3.8) is 0 Å². The van der Waals surface area contributed by atoms with E-state index in [0.717, 1.165) is 11.0 Å². The van der Waals surface area contributed by atoms with Crippen molar-refractivity contribution in [3.8, 4) is 11.5 Å². The number of benzene rings is 3. The fourth-order valence-electron chi connectivity index (χ4n) is 5.30. The van der Waals surface area contributed by atoms with Crippen LogP contribution in [0.5, 0.6) is 11.5 Å². The van der Waals surface area contributed by atoms with Gasteiger partial charge in [-0.3, -0.25) is 14.5 Å². The molecule has 252 valence electrons. The highest BCUT2D eigenvalue weighted by Crippen LogP contribution is 2.50. The van der Waals surface area contributed by atoms with E-state index in [1.807, 2.05) is 13.8 Å². The van der Waals surface area contributed by atoms with Gasteiger partial charge in [0.05, 0.1) is 18.1 Å². The number of aliphatic hydroxyl groups is 1. The number of hydrogen-bond acceptors (Lipinski definition) is 5. The van der Waals surface area contributed by atoms with Crippen molar-refractivity contribution < 1.29 is 50.5 Å². The molecule has 3 aromatic carbocycles. The molecule has 0 aromatic heterocycles. The van der Waals surface area contributed by atoms with E-state index >= 15 is 0 Å². The number of rotatable bonds is 12. The third-order valence-corrected chi connectivity index (χ3v) is 7.91. The maximum absolute atomic E-state index is 13.6. The summed E-state index contributed by atoms with van der Waals surface area (Å²) in [5.74, 6) is -0.206. The zero-order valence-electron chi connectivity index (χ0n) is 26.0. The van der Waals surface area contributed by atoms with E-state index in [4.69, 9.17) is 9.47 Å². The molecule has 0 saturated carbocycles. The first-order valence-electron chi connectivity index (χ1n) is 15.0. The fourth-order valence-corrected chi connectivity index (χ4v) is 5.30. The van der Waals surface area contributed by atoms with Crippen LogP contribution >= 0.6 is 0 Å². The van der Waals surface area contributed by atoms with Crippen molar-refractivity contribution in [2.45, 2.75) is 69.5 Å². The van der Waals surface area contributed by atoms with E-state index in [2.05, 4.69) is 0 Å². The first kappa shape index (κ1) is 35.5. The van der Waals surface area contributed by atoms with Gasteiger partial charge >= 0.3 is 12.4 Å². The first-order chi connectivity index (χ1) is 22.0. The Bertz CT molecular complexity index is 1570. The maximum Gasteiger partial charge on any atom is 0.430 e. The van der Waals surface area contributed by atoms with Crippen LogP contribution in [0.25, 0.3) is 0 Å². The van der Waals surface area contributed by atoms with Gasteiger partial charge in [-0.15, -0.1) is 0 Å². The predicted molar refractivity (Wildman–Crippen MR) is 162 cm³/mol. The normalized spacial score (nSPS) is 17.4. The fraction of sp³-hybridized carbons (Fsp3) is 0.371. The topological polar surface area (TPSA) is 76.1 Å². The minimum Gasteiger partial charge on any atom is -0.493 e. The van der Waals surface area contributed by atoms with Crippen LogP contribution in [-0.4, -0.2) is 53.4 Å². The Labute approximate surface area is 268 Å². The summed E-state index contributed by atoms with van der Waals surface area (Å²) in [4.78, 5) is 27.3. The quantitative estimate of drug-likeness (QED) is 0.124. The summed E-state index contributed by atoms with van der Waals surface area (Å²) in [5.41, 5.74) is -6.28. The van der Waals surface area contributed by atoms with Gasteiger partial charge in [0, 0.05) is 24.6 Å². The average Bonchev–Trinajstić information content (AvgIpc) is 3.00. The Morgan fingerprint density at radius 2 is 1.51 bits per heavy atom. The van der Waals surface area contributed by atoms with Crippen LogP contribution in [-0.2, 0) is 27.0 Å². The van der Waals surface area contributed by atoms with Crippen molar-refractivity contribution in [1.29, 1.82) is 0 Å². The molecule has 0 fully saturated rings. The van der Waals surface area contributed by atoms with Gasteiger partial charge in [-0.2, -0.15) is 26.3 Å². The number of nitrogens with zero attached hydrogens (tertiary/aromatic N) is 1. The van der Waals surface area contributed by atoms with Gasteiger partial charge in [0.15, 0.2) is 0 Å². The van der Waals surface area contributed by atoms with E-state index in [-0.39, 0.29) is 37.0 Å². The number of unbranched alkanes of at least 4 members (excludes halogenated alkanes) is 1. The van der Waals surface area contributed by atoms with Crippen LogP contribution in [0.4, 0.5) is 26.3 Å². The largest absolute Gasteiger partial charge is 0.493 e. The van der Waals surface area contributed by atoms with Crippen LogP contribution in [0.2, 0.25) is 0 Å². The number of imide groups is 1. The maximum atomic E-state index is 13.6. The molecular formula is C35H35F6NO5. The molecular weight excluding hydrogens is 628 g/mol. The molecule has 0 spiro atoms. The van der Waals surface area contributed by atoms with Crippen LogP contribution in [0.15, 0.2) is 84.9 Å². The van der Waals surface area contributed by atoms with E-state index in [1.54, 1.807) is 67.6 Å². The zero-order chi connectivity index (χ0) is 34.6. The summed E-state index contributed by atoms with van der Waals surface area (Å²) in [6, 6.07) is 17.6. The summed E-state index contributed by atoms with van der Waals surface area (Å²) in [5, 5.41) is 9.94. The molecule has 47 heavy (non-hydrogen) atoms. The van der Waals surface area contributed by atoms with Crippen LogP contribution in [0, 0.1) is 0 Å². The number of carbonyl (C=O) groups excluding carboxylic acids is 2. The summed E-state index contributed by atoms with van der Waals surface area (Å²) >= 11 is 0. The second-order valence-corrected chi connectivity index (χ2v) is 11.8. The highest BCUT2D eigenvalue weighted by atomic mass is 19.4. The molecule has 12 heteroatoms. The summed E-state index contributed by atoms with van der Waals surface area (Å²) in [7, 11) is 0. The van der Waals surface area contributed by atoms with Gasteiger partial charge in [-0.25, -0.2) is 0 Å². The Kier molecular flexibility index (Phi) is 10.4. The van der Waals surface area contributed by atoms with Crippen LogP contribution in [0.1, 0.15) is 55.9 Å². The number of hydrogen-bond donors (Lipinski definition) is 1. The molecule has 0 saturated heterocycles. The molecule has 1 aliphatic rings. The smallest absolute Gasteiger partial charge is 0.430 e. The average molecular weight is 664 g/mol. The number of amides is 2. The van der Waals surface area contributed by atoms with Crippen LogP contribution < -0.4 is 9.47 Å². The molecule has 1 N–H and O–H groups in total. The van der Waals surface area contributed by atoms with Crippen molar-refractivity contribution in [1.82, 2.24) is 4.90 Å².